The second-order valence-electron chi connectivity index (χ2n) is 5.39. The van der Waals surface area contributed by atoms with Gasteiger partial charge in [-0.15, -0.1) is 11.3 Å². The van der Waals surface area contributed by atoms with Gasteiger partial charge in [-0.25, -0.2) is 0 Å². The molecule has 0 aliphatic rings. The monoisotopic (exact) mass is 331 g/mol. The molecule has 0 amide bonds. The molecule has 5 heteroatoms. The molecular weight excluding hydrogens is 306 g/mol. The molecule has 1 aromatic carbocycles. The molecule has 0 unspecified atom stereocenters. The van der Waals surface area contributed by atoms with Crippen LogP contribution in [0.5, 0.6) is 5.75 Å². The summed E-state index contributed by atoms with van der Waals surface area (Å²) in [5, 5.41) is 5.45. The Hall–Kier alpha value is -2.01. The topological polar surface area (TPSA) is 36.9 Å². The Morgan fingerprint density at radius 1 is 1.30 bits per heavy atom. The fourth-order valence-electron chi connectivity index (χ4n) is 2.26. The van der Waals surface area contributed by atoms with E-state index in [4.69, 9.17) is 4.74 Å². The fraction of sp³-hybridized carbons (Fsp3) is 0.389. The van der Waals surface area contributed by atoms with E-state index in [9.17, 15) is 0 Å². The van der Waals surface area contributed by atoms with E-state index < -0.39 is 0 Å². The highest BCUT2D eigenvalue weighted by Crippen LogP contribution is 2.12. The Kier molecular flexibility index (Phi) is 6.94. The third kappa shape index (κ3) is 5.94. The maximum absolute atomic E-state index is 5.75. The minimum Gasteiger partial charge on any atom is -0.492 e. The minimum absolute atomic E-state index is 0.612. The number of thiophene rings is 1. The Bertz CT molecular complexity index is 610. The molecule has 0 radical (unpaired) electrons. The van der Waals surface area contributed by atoms with Crippen molar-refractivity contribution in [1.82, 2.24) is 10.2 Å². The lowest BCUT2D eigenvalue weighted by molar-refractivity contribution is 0.319. The molecule has 0 saturated carbocycles. The molecule has 124 valence electrons. The van der Waals surface area contributed by atoms with Crippen LogP contribution in [-0.2, 0) is 6.42 Å². The SMILES string of the molecule is CN=C(NCCOc1cccc(C)c1)N(C)CCc1cccs1. The molecule has 1 aromatic heterocycles. The van der Waals surface area contributed by atoms with E-state index in [0.717, 1.165) is 31.2 Å². The quantitative estimate of drug-likeness (QED) is 0.481. The lowest BCUT2D eigenvalue weighted by Gasteiger charge is -2.21. The van der Waals surface area contributed by atoms with Crippen LogP contribution in [0.3, 0.4) is 0 Å². The third-order valence-electron chi connectivity index (χ3n) is 3.49. The molecule has 1 N–H and O–H groups in total. The van der Waals surface area contributed by atoms with Crippen molar-refractivity contribution in [2.45, 2.75) is 13.3 Å². The number of nitrogens with zero attached hydrogens (tertiary/aromatic N) is 2. The summed E-state index contributed by atoms with van der Waals surface area (Å²) in [6.45, 7) is 4.35. The highest BCUT2D eigenvalue weighted by Gasteiger charge is 2.06. The lowest BCUT2D eigenvalue weighted by atomic mass is 10.2. The fourth-order valence-corrected chi connectivity index (χ4v) is 2.96. The number of nitrogens with one attached hydrogen (secondary N) is 1. The molecule has 2 rings (SSSR count). The summed E-state index contributed by atoms with van der Waals surface area (Å²) >= 11 is 1.80. The van der Waals surface area contributed by atoms with Gasteiger partial charge in [0.1, 0.15) is 12.4 Å². The van der Waals surface area contributed by atoms with Crippen molar-refractivity contribution in [1.29, 1.82) is 0 Å². The zero-order chi connectivity index (χ0) is 16.5. The Balaban J connectivity index is 1.69. The number of likely N-dealkylation sites (N-methyl/N-ethyl adjacent to an activating group) is 1. The van der Waals surface area contributed by atoms with Crippen LogP contribution in [0.2, 0.25) is 0 Å². The Morgan fingerprint density at radius 2 is 2.17 bits per heavy atom. The first-order chi connectivity index (χ1) is 11.2. The molecule has 0 spiro atoms. The van der Waals surface area contributed by atoms with Gasteiger partial charge < -0.3 is 15.0 Å². The van der Waals surface area contributed by atoms with Crippen LogP contribution < -0.4 is 10.1 Å². The second-order valence-corrected chi connectivity index (χ2v) is 6.42. The summed E-state index contributed by atoms with van der Waals surface area (Å²) in [5.41, 5.74) is 1.21. The molecule has 0 saturated heterocycles. The molecule has 0 atom stereocenters. The number of guanidine groups is 1. The molecule has 2 aromatic rings. The first-order valence-corrected chi connectivity index (χ1v) is 8.70. The van der Waals surface area contributed by atoms with E-state index in [0.29, 0.717) is 6.61 Å². The van der Waals surface area contributed by atoms with E-state index in [-0.39, 0.29) is 0 Å². The average Bonchev–Trinajstić information content (AvgIpc) is 3.06. The number of rotatable bonds is 7. The van der Waals surface area contributed by atoms with E-state index in [1.54, 1.807) is 11.3 Å². The smallest absolute Gasteiger partial charge is 0.193 e. The van der Waals surface area contributed by atoms with Gasteiger partial charge in [0, 0.05) is 25.5 Å². The van der Waals surface area contributed by atoms with Crippen LogP contribution in [0.25, 0.3) is 0 Å². The number of ether oxygens (including phenoxy) is 1. The van der Waals surface area contributed by atoms with Crippen LogP contribution >= 0.6 is 11.3 Å². The van der Waals surface area contributed by atoms with Gasteiger partial charge in [0.15, 0.2) is 5.96 Å². The third-order valence-corrected chi connectivity index (χ3v) is 4.43. The summed E-state index contributed by atoms with van der Waals surface area (Å²) < 4.78 is 5.75. The molecule has 0 aliphatic carbocycles. The number of benzene rings is 1. The van der Waals surface area contributed by atoms with Crippen LogP contribution in [-0.4, -0.2) is 44.7 Å². The summed E-state index contributed by atoms with van der Waals surface area (Å²) in [6, 6.07) is 12.4. The van der Waals surface area contributed by atoms with Crippen LogP contribution in [0.15, 0.2) is 46.8 Å². The van der Waals surface area contributed by atoms with Gasteiger partial charge in [0.2, 0.25) is 0 Å². The summed E-state index contributed by atoms with van der Waals surface area (Å²) in [6.07, 6.45) is 1.04. The minimum atomic E-state index is 0.612. The van der Waals surface area contributed by atoms with Crippen molar-refractivity contribution in [3.63, 3.8) is 0 Å². The number of aliphatic imine (C=N–C) groups is 1. The second kappa shape index (κ2) is 9.20. The van der Waals surface area contributed by atoms with Crippen molar-refractivity contribution in [2.75, 3.05) is 33.8 Å². The maximum Gasteiger partial charge on any atom is 0.193 e. The molecule has 23 heavy (non-hydrogen) atoms. The normalized spacial score (nSPS) is 11.3. The molecular formula is C18H25N3OS. The molecule has 0 aliphatic heterocycles. The van der Waals surface area contributed by atoms with E-state index in [1.165, 1.54) is 10.4 Å². The van der Waals surface area contributed by atoms with Gasteiger partial charge in [-0.05, 0) is 42.5 Å². The van der Waals surface area contributed by atoms with Crippen LogP contribution in [0.4, 0.5) is 0 Å². The Labute approximate surface area is 142 Å². The molecule has 0 bridgehead atoms. The van der Waals surface area contributed by atoms with E-state index in [2.05, 4.69) is 52.8 Å². The summed E-state index contributed by atoms with van der Waals surface area (Å²) in [7, 11) is 3.87. The summed E-state index contributed by atoms with van der Waals surface area (Å²) in [4.78, 5) is 7.87. The lowest BCUT2D eigenvalue weighted by Crippen LogP contribution is -2.41. The van der Waals surface area contributed by atoms with Crippen LogP contribution in [0, 0.1) is 6.92 Å². The highest BCUT2D eigenvalue weighted by molar-refractivity contribution is 7.09. The van der Waals surface area contributed by atoms with Gasteiger partial charge in [0.05, 0.1) is 6.54 Å². The van der Waals surface area contributed by atoms with Gasteiger partial charge in [-0.1, -0.05) is 18.2 Å². The molecule has 1 heterocycles. The standard InChI is InChI=1S/C18H25N3OS/c1-15-6-4-7-16(14-15)22-12-10-20-18(19-2)21(3)11-9-17-8-5-13-23-17/h4-8,13-14H,9-12H2,1-3H3,(H,19,20). The van der Waals surface area contributed by atoms with Gasteiger partial charge in [-0.3, -0.25) is 4.99 Å². The van der Waals surface area contributed by atoms with Crippen molar-refractivity contribution >= 4 is 17.3 Å². The Morgan fingerprint density at radius 3 is 2.87 bits per heavy atom. The molecule has 4 nitrogen and oxygen atoms in total. The van der Waals surface area contributed by atoms with E-state index in [1.807, 2.05) is 25.2 Å². The molecule has 0 fully saturated rings. The number of aryl methyl sites for hydroxylation is 1. The zero-order valence-corrected chi connectivity index (χ0v) is 14.9. The van der Waals surface area contributed by atoms with Gasteiger partial charge >= 0.3 is 0 Å². The first-order valence-electron chi connectivity index (χ1n) is 7.82. The summed E-state index contributed by atoms with van der Waals surface area (Å²) in [5.74, 6) is 1.81. The average molecular weight is 331 g/mol. The van der Waals surface area contributed by atoms with Crippen molar-refractivity contribution in [3.05, 3.63) is 52.2 Å². The first kappa shape index (κ1) is 17.3. The largest absolute Gasteiger partial charge is 0.492 e. The van der Waals surface area contributed by atoms with E-state index >= 15 is 0 Å². The predicted molar refractivity (Wildman–Crippen MR) is 98.7 cm³/mol. The van der Waals surface area contributed by atoms with Crippen LogP contribution in [0.1, 0.15) is 10.4 Å². The van der Waals surface area contributed by atoms with Gasteiger partial charge in [0.25, 0.3) is 0 Å². The number of hydrogen-bond acceptors (Lipinski definition) is 3. The highest BCUT2D eigenvalue weighted by atomic mass is 32.1. The number of hydrogen-bond donors (Lipinski definition) is 1. The van der Waals surface area contributed by atoms with Crippen molar-refractivity contribution in [3.8, 4) is 5.75 Å². The van der Waals surface area contributed by atoms with Gasteiger partial charge in [-0.2, -0.15) is 0 Å². The zero-order valence-electron chi connectivity index (χ0n) is 14.1. The predicted octanol–water partition coefficient (Wildman–Crippen LogP) is 3.19. The maximum atomic E-state index is 5.75. The van der Waals surface area contributed by atoms with Crippen molar-refractivity contribution < 1.29 is 4.74 Å². The van der Waals surface area contributed by atoms with Crippen molar-refractivity contribution in [2.24, 2.45) is 4.99 Å².